The lowest BCUT2D eigenvalue weighted by Crippen LogP contribution is -2.10. The lowest BCUT2D eigenvalue weighted by atomic mass is 10.1. The van der Waals surface area contributed by atoms with Crippen molar-refractivity contribution in [3.05, 3.63) is 39.7 Å². The summed E-state index contributed by atoms with van der Waals surface area (Å²) in [4.78, 5) is 6.30. The van der Waals surface area contributed by atoms with Crippen LogP contribution in [-0.2, 0) is 6.42 Å². The highest BCUT2D eigenvalue weighted by Crippen LogP contribution is 2.27. The molecule has 0 aliphatic carbocycles. The molecular weight excluding hydrogens is 248 g/mol. The number of nitrogens with zero attached hydrogens (tertiary/aromatic N) is 1. The third kappa shape index (κ3) is 2.90. The van der Waals surface area contributed by atoms with Gasteiger partial charge in [-0.3, -0.25) is 0 Å². The first-order chi connectivity index (χ1) is 8.06. The molecule has 0 aliphatic heterocycles. The number of hydrogen-bond donors (Lipinski definition) is 1. The molecule has 0 saturated carbocycles. The van der Waals surface area contributed by atoms with Gasteiger partial charge in [0.25, 0.3) is 0 Å². The SMILES string of the molecule is Cc1ccc(-c2nc(CC(N)=S)sc2C)cc1. The Morgan fingerprint density at radius 3 is 2.53 bits per heavy atom. The number of aryl methyl sites for hydroxylation is 2. The van der Waals surface area contributed by atoms with Crippen molar-refractivity contribution in [1.82, 2.24) is 4.98 Å². The zero-order chi connectivity index (χ0) is 12.4. The third-order valence-corrected chi connectivity index (χ3v) is 3.61. The molecule has 2 nitrogen and oxygen atoms in total. The molecule has 0 unspecified atom stereocenters. The van der Waals surface area contributed by atoms with E-state index in [1.165, 1.54) is 10.4 Å². The van der Waals surface area contributed by atoms with Crippen LogP contribution < -0.4 is 5.73 Å². The Balaban J connectivity index is 2.35. The fraction of sp³-hybridized carbons (Fsp3) is 0.231. The van der Waals surface area contributed by atoms with Crippen LogP contribution in [-0.4, -0.2) is 9.97 Å². The van der Waals surface area contributed by atoms with Gasteiger partial charge in [0.15, 0.2) is 0 Å². The van der Waals surface area contributed by atoms with Crippen molar-refractivity contribution in [3.8, 4) is 11.3 Å². The Kier molecular flexibility index (Phi) is 3.54. The Morgan fingerprint density at radius 1 is 1.29 bits per heavy atom. The predicted octanol–water partition coefficient (Wildman–Crippen LogP) is 3.26. The van der Waals surface area contributed by atoms with E-state index in [0.29, 0.717) is 11.4 Å². The number of thiazole rings is 1. The molecular formula is C13H14N2S2. The highest BCUT2D eigenvalue weighted by atomic mass is 32.1. The molecule has 2 rings (SSSR count). The fourth-order valence-electron chi connectivity index (χ4n) is 1.66. The smallest absolute Gasteiger partial charge is 0.100 e. The minimum absolute atomic E-state index is 0.495. The van der Waals surface area contributed by atoms with Crippen LogP contribution in [0.1, 0.15) is 15.4 Å². The topological polar surface area (TPSA) is 38.9 Å². The van der Waals surface area contributed by atoms with Crippen molar-refractivity contribution < 1.29 is 0 Å². The maximum Gasteiger partial charge on any atom is 0.100 e. The predicted molar refractivity (Wildman–Crippen MR) is 77.5 cm³/mol. The van der Waals surface area contributed by atoms with Crippen molar-refractivity contribution in [1.29, 1.82) is 0 Å². The molecule has 0 saturated heterocycles. The first-order valence-corrected chi connectivity index (χ1v) is 6.60. The maximum absolute atomic E-state index is 5.54. The molecule has 0 aliphatic rings. The standard InChI is InChI=1S/C13H14N2S2/c1-8-3-5-10(6-4-8)13-9(2)17-12(15-13)7-11(14)16/h3-6H,7H2,1-2H3,(H2,14,16). The zero-order valence-corrected chi connectivity index (χ0v) is 11.5. The van der Waals surface area contributed by atoms with Crippen molar-refractivity contribution in [2.24, 2.45) is 5.73 Å². The van der Waals surface area contributed by atoms with E-state index < -0.39 is 0 Å². The summed E-state index contributed by atoms with van der Waals surface area (Å²) in [7, 11) is 0. The Hall–Kier alpha value is -1.26. The van der Waals surface area contributed by atoms with Crippen LogP contribution in [0, 0.1) is 13.8 Å². The molecule has 17 heavy (non-hydrogen) atoms. The average molecular weight is 262 g/mol. The normalized spacial score (nSPS) is 10.5. The van der Waals surface area contributed by atoms with E-state index in [-0.39, 0.29) is 0 Å². The molecule has 0 atom stereocenters. The van der Waals surface area contributed by atoms with Crippen molar-refractivity contribution >= 4 is 28.5 Å². The largest absolute Gasteiger partial charge is 0.393 e. The van der Waals surface area contributed by atoms with Crippen LogP contribution in [0.2, 0.25) is 0 Å². The molecule has 0 fully saturated rings. The maximum atomic E-state index is 5.54. The van der Waals surface area contributed by atoms with Gasteiger partial charge >= 0.3 is 0 Å². The lowest BCUT2D eigenvalue weighted by Gasteiger charge is -1.99. The minimum Gasteiger partial charge on any atom is -0.393 e. The molecule has 4 heteroatoms. The molecule has 0 radical (unpaired) electrons. The Bertz CT molecular complexity index is 541. The van der Waals surface area contributed by atoms with Gasteiger partial charge in [0.2, 0.25) is 0 Å². The summed E-state index contributed by atoms with van der Waals surface area (Å²) in [6, 6.07) is 8.40. The van der Waals surface area contributed by atoms with Crippen molar-refractivity contribution in [3.63, 3.8) is 0 Å². The highest BCUT2D eigenvalue weighted by Gasteiger charge is 2.10. The van der Waals surface area contributed by atoms with Gasteiger partial charge in [-0.2, -0.15) is 0 Å². The van der Waals surface area contributed by atoms with Crippen LogP contribution >= 0.6 is 23.6 Å². The number of thiocarbonyl (C=S) groups is 1. The van der Waals surface area contributed by atoms with Gasteiger partial charge in [-0.05, 0) is 13.8 Å². The van der Waals surface area contributed by atoms with E-state index in [1.807, 2.05) is 0 Å². The van der Waals surface area contributed by atoms with Crippen LogP contribution in [0.4, 0.5) is 0 Å². The summed E-state index contributed by atoms with van der Waals surface area (Å²) in [5.74, 6) is 0. The van der Waals surface area contributed by atoms with Crippen LogP contribution in [0.25, 0.3) is 11.3 Å². The van der Waals surface area contributed by atoms with Crippen LogP contribution in [0.3, 0.4) is 0 Å². The molecule has 88 valence electrons. The number of rotatable bonds is 3. The molecule has 0 amide bonds. The van der Waals surface area contributed by atoms with Gasteiger partial charge < -0.3 is 5.73 Å². The second-order valence-corrected chi connectivity index (χ2v) is 5.83. The minimum atomic E-state index is 0.495. The summed E-state index contributed by atoms with van der Waals surface area (Å²) in [5.41, 5.74) is 8.99. The fourth-order valence-corrected chi connectivity index (χ4v) is 2.86. The molecule has 2 N–H and O–H groups in total. The molecule has 2 aromatic rings. The second kappa shape index (κ2) is 4.94. The number of aromatic nitrogens is 1. The summed E-state index contributed by atoms with van der Waals surface area (Å²) >= 11 is 6.57. The molecule has 1 heterocycles. The monoisotopic (exact) mass is 262 g/mol. The van der Waals surface area contributed by atoms with Gasteiger partial charge in [-0.25, -0.2) is 4.98 Å². The first-order valence-electron chi connectivity index (χ1n) is 5.38. The molecule has 1 aromatic carbocycles. The Labute approximate surface area is 111 Å². The van der Waals surface area contributed by atoms with E-state index in [9.17, 15) is 0 Å². The lowest BCUT2D eigenvalue weighted by molar-refractivity contribution is 1.22. The zero-order valence-electron chi connectivity index (χ0n) is 9.86. The van der Waals surface area contributed by atoms with Crippen LogP contribution in [0.15, 0.2) is 24.3 Å². The van der Waals surface area contributed by atoms with E-state index >= 15 is 0 Å². The second-order valence-electron chi connectivity index (χ2n) is 4.02. The molecule has 1 aromatic heterocycles. The average Bonchev–Trinajstić information content (AvgIpc) is 2.59. The molecule has 0 bridgehead atoms. The van der Waals surface area contributed by atoms with Crippen molar-refractivity contribution in [2.75, 3.05) is 0 Å². The Morgan fingerprint density at radius 2 is 1.94 bits per heavy atom. The van der Waals surface area contributed by atoms with Gasteiger partial charge in [0, 0.05) is 16.9 Å². The molecule has 0 spiro atoms. The van der Waals surface area contributed by atoms with E-state index in [1.54, 1.807) is 11.3 Å². The number of nitrogens with two attached hydrogens (primary N) is 1. The van der Waals surface area contributed by atoms with E-state index in [2.05, 4.69) is 43.1 Å². The highest BCUT2D eigenvalue weighted by molar-refractivity contribution is 7.80. The third-order valence-electron chi connectivity index (χ3n) is 2.49. The van der Waals surface area contributed by atoms with Crippen molar-refractivity contribution in [2.45, 2.75) is 20.3 Å². The summed E-state index contributed by atoms with van der Waals surface area (Å²) in [6.07, 6.45) is 0.590. The quantitative estimate of drug-likeness (QED) is 0.863. The van der Waals surface area contributed by atoms with Gasteiger partial charge in [-0.15, -0.1) is 11.3 Å². The van der Waals surface area contributed by atoms with Gasteiger partial charge in [0.1, 0.15) is 5.01 Å². The number of hydrogen-bond acceptors (Lipinski definition) is 3. The van der Waals surface area contributed by atoms with Crippen LogP contribution in [0.5, 0.6) is 0 Å². The first kappa shape index (κ1) is 12.2. The van der Waals surface area contributed by atoms with E-state index in [4.69, 9.17) is 18.0 Å². The summed E-state index contributed by atoms with van der Waals surface area (Å²) < 4.78 is 0. The summed E-state index contributed by atoms with van der Waals surface area (Å²) in [5, 5.41) is 0.991. The van der Waals surface area contributed by atoms with Gasteiger partial charge in [0.05, 0.1) is 10.7 Å². The summed E-state index contributed by atoms with van der Waals surface area (Å²) in [6.45, 7) is 4.16. The van der Waals surface area contributed by atoms with Gasteiger partial charge in [-0.1, -0.05) is 42.0 Å². The van der Waals surface area contributed by atoms with E-state index in [0.717, 1.165) is 16.3 Å². The number of benzene rings is 1.